The lowest BCUT2D eigenvalue weighted by Gasteiger charge is -2.29. The van der Waals surface area contributed by atoms with Crippen LogP contribution >= 0.6 is 0 Å². The smallest absolute Gasteiger partial charge is 0.410 e. The van der Waals surface area contributed by atoms with Crippen molar-refractivity contribution < 1.29 is 9.53 Å². The second-order valence-electron chi connectivity index (χ2n) is 6.07. The molecule has 110 valence electrons. The van der Waals surface area contributed by atoms with Crippen molar-refractivity contribution in [1.82, 2.24) is 10.2 Å². The summed E-state index contributed by atoms with van der Waals surface area (Å²) in [5.74, 6) is 0. The zero-order chi connectivity index (χ0) is 14.3. The molecule has 19 heavy (non-hydrogen) atoms. The van der Waals surface area contributed by atoms with E-state index < -0.39 is 5.60 Å². The highest BCUT2D eigenvalue weighted by atomic mass is 16.6. The van der Waals surface area contributed by atoms with Crippen molar-refractivity contribution in [3.05, 3.63) is 11.6 Å². The van der Waals surface area contributed by atoms with Crippen LogP contribution < -0.4 is 5.32 Å². The van der Waals surface area contributed by atoms with Crippen molar-refractivity contribution in [2.24, 2.45) is 0 Å². The molecule has 0 aromatic heterocycles. The van der Waals surface area contributed by atoms with E-state index in [4.69, 9.17) is 4.74 Å². The molecule has 1 amide bonds. The summed E-state index contributed by atoms with van der Waals surface area (Å²) in [5.41, 5.74) is 0.985. The second kappa shape index (κ2) is 7.53. The number of carbonyl (C=O) groups is 1. The van der Waals surface area contributed by atoms with Crippen LogP contribution in [0.25, 0.3) is 0 Å². The van der Waals surface area contributed by atoms with Crippen molar-refractivity contribution in [2.75, 3.05) is 26.2 Å². The molecule has 0 fully saturated rings. The third-order valence-electron chi connectivity index (χ3n) is 3.01. The maximum absolute atomic E-state index is 11.9. The Hall–Kier alpha value is -1.03. The zero-order valence-corrected chi connectivity index (χ0v) is 12.8. The van der Waals surface area contributed by atoms with Gasteiger partial charge in [0.15, 0.2) is 0 Å². The summed E-state index contributed by atoms with van der Waals surface area (Å²) in [6, 6.07) is 0. The van der Waals surface area contributed by atoms with Gasteiger partial charge in [-0.2, -0.15) is 0 Å². The van der Waals surface area contributed by atoms with Crippen molar-refractivity contribution in [3.8, 4) is 0 Å². The van der Waals surface area contributed by atoms with Gasteiger partial charge in [-0.3, -0.25) is 0 Å². The van der Waals surface area contributed by atoms with Gasteiger partial charge in [0, 0.05) is 19.6 Å². The molecule has 0 bridgehead atoms. The van der Waals surface area contributed by atoms with Crippen molar-refractivity contribution in [1.29, 1.82) is 0 Å². The number of ether oxygens (including phenoxy) is 1. The Morgan fingerprint density at radius 2 is 2.21 bits per heavy atom. The van der Waals surface area contributed by atoms with Crippen LogP contribution in [0.3, 0.4) is 0 Å². The summed E-state index contributed by atoms with van der Waals surface area (Å²) in [6.07, 6.45) is 5.32. The van der Waals surface area contributed by atoms with Crippen LogP contribution in [0.4, 0.5) is 4.79 Å². The summed E-state index contributed by atoms with van der Waals surface area (Å²) in [5, 5.41) is 3.44. The summed E-state index contributed by atoms with van der Waals surface area (Å²) in [6.45, 7) is 11.3. The minimum Gasteiger partial charge on any atom is -0.444 e. The molecule has 0 aromatic rings. The van der Waals surface area contributed by atoms with E-state index in [1.165, 1.54) is 18.4 Å². The quantitative estimate of drug-likeness (QED) is 0.615. The van der Waals surface area contributed by atoms with Crippen molar-refractivity contribution in [2.45, 2.75) is 52.6 Å². The van der Waals surface area contributed by atoms with Gasteiger partial charge in [-0.15, -0.1) is 0 Å². The average Bonchev–Trinajstić information content (AvgIpc) is 2.33. The van der Waals surface area contributed by atoms with Gasteiger partial charge in [0.1, 0.15) is 5.60 Å². The SMILES string of the molecule is CCCCNCC1=CCN(C(=O)OC(C)(C)C)CC1. The van der Waals surface area contributed by atoms with Gasteiger partial charge >= 0.3 is 6.09 Å². The maximum atomic E-state index is 11.9. The Kier molecular flexibility index (Phi) is 6.35. The first-order chi connectivity index (χ1) is 8.92. The van der Waals surface area contributed by atoms with Crippen LogP contribution in [0.1, 0.15) is 47.0 Å². The molecular formula is C15H28N2O2. The van der Waals surface area contributed by atoms with Gasteiger partial charge in [-0.1, -0.05) is 25.0 Å². The monoisotopic (exact) mass is 268 g/mol. The number of unbranched alkanes of at least 4 members (excludes halogenated alkanes) is 1. The molecule has 0 saturated heterocycles. The number of nitrogens with zero attached hydrogens (tertiary/aromatic N) is 1. The Labute approximate surface area is 117 Å². The Balaban J connectivity index is 2.30. The van der Waals surface area contributed by atoms with Gasteiger partial charge < -0.3 is 15.0 Å². The fourth-order valence-corrected chi connectivity index (χ4v) is 1.91. The second-order valence-corrected chi connectivity index (χ2v) is 6.07. The molecule has 0 unspecified atom stereocenters. The summed E-state index contributed by atoms with van der Waals surface area (Å²) >= 11 is 0. The highest BCUT2D eigenvalue weighted by Crippen LogP contribution is 2.14. The van der Waals surface area contributed by atoms with E-state index in [1.807, 2.05) is 20.8 Å². The topological polar surface area (TPSA) is 41.6 Å². The normalized spacial score (nSPS) is 16.2. The number of hydrogen-bond acceptors (Lipinski definition) is 3. The van der Waals surface area contributed by atoms with Gasteiger partial charge in [-0.05, 0) is 40.2 Å². The Bertz CT molecular complexity index is 319. The number of nitrogens with one attached hydrogen (secondary N) is 1. The Morgan fingerprint density at radius 1 is 1.47 bits per heavy atom. The molecular weight excluding hydrogens is 240 g/mol. The van der Waals surface area contributed by atoms with E-state index >= 15 is 0 Å². The molecule has 0 saturated carbocycles. The Morgan fingerprint density at radius 3 is 2.74 bits per heavy atom. The molecule has 4 nitrogen and oxygen atoms in total. The predicted molar refractivity (Wildman–Crippen MR) is 78.3 cm³/mol. The minimum atomic E-state index is -0.414. The number of amides is 1. The van der Waals surface area contributed by atoms with Gasteiger partial charge in [-0.25, -0.2) is 4.79 Å². The fraction of sp³-hybridized carbons (Fsp3) is 0.800. The molecule has 0 atom stereocenters. The third kappa shape index (κ3) is 6.62. The molecule has 4 heteroatoms. The zero-order valence-electron chi connectivity index (χ0n) is 12.8. The van der Waals surface area contributed by atoms with Crippen LogP contribution in [-0.4, -0.2) is 42.8 Å². The predicted octanol–water partition coefficient (Wildman–Crippen LogP) is 2.94. The molecule has 0 aliphatic carbocycles. The van der Waals surface area contributed by atoms with Gasteiger partial charge in [0.05, 0.1) is 0 Å². The third-order valence-corrected chi connectivity index (χ3v) is 3.01. The first kappa shape index (κ1) is 16.0. The molecule has 1 N–H and O–H groups in total. The average molecular weight is 268 g/mol. The lowest BCUT2D eigenvalue weighted by Crippen LogP contribution is -2.40. The lowest BCUT2D eigenvalue weighted by atomic mass is 10.1. The van der Waals surface area contributed by atoms with Crippen LogP contribution in [0, 0.1) is 0 Å². The molecule has 1 rings (SSSR count). The van der Waals surface area contributed by atoms with Crippen LogP contribution in [-0.2, 0) is 4.74 Å². The molecule has 0 aromatic carbocycles. The van der Waals surface area contributed by atoms with Gasteiger partial charge in [0.2, 0.25) is 0 Å². The van der Waals surface area contributed by atoms with Crippen LogP contribution in [0.5, 0.6) is 0 Å². The lowest BCUT2D eigenvalue weighted by molar-refractivity contribution is 0.0265. The highest BCUT2D eigenvalue weighted by molar-refractivity contribution is 5.68. The number of rotatable bonds is 5. The molecule has 1 aliphatic heterocycles. The van der Waals surface area contributed by atoms with E-state index in [1.54, 1.807) is 4.90 Å². The van der Waals surface area contributed by atoms with E-state index in [-0.39, 0.29) is 6.09 Å². The standard InChI is InChI=1S/C15H28N2O2/c1-5-6-9-16-12-13-7-10-17(11-8-13)14(18)19-15(2,3)4/h7,16H,5-6,8-12H2,1-4H3. The van der Waals surface area contributed by atoms with E-state index in [0.29, 0.717) is 6.54 Å². The summed E-state index contributed by atoms with van der Waals surface area (Å²) in [4.78, 5) is 13.6. The first-order valence-corrected chi connectivity index (χ1v) is 7.29. The van der Waals surface area contributed by atoms with Gasteiger partial charge in [0.25, 0.3) is 0 Å². The van der Waals surface area contributed by atoms with E-state index in [0.717, 1.165) is 26.1 Å². The van der Waals surface area contributed by atoms with Crippen molar-refractivity contribution >= 4 is 6.09 Å². The first-order valence-electron chi connectivity index (χ1n) is 7.29. The molecule has 1 heterocycles. The van der Waals surface area contributed by atoms with E-state index in [9.17, 15) is 4.79 Å². The van der Waals surface area contributed by atoms with Crippen molar-refractivity contribution in [3.63, 3.8) is 0 Å². The fourth-order valence-electron chi connectivity index (χ4n) is 1.91. The van der Waals surface area contributed by atoms with E-state index in [2.05, 4.69) is 18.3 Å². The highest BCUT2D eigenvalue weighted by Gasteiger charge is 2.23. The number of carbonyl (C=O) groups excluding carboxylic acids is 1. The summed E-state index contributed by atoms with van der Waals surface area (Å²) in [7, 11) is 0. The largest absolute Gasteiger partial charge is 0.444 e. The summed E-state index contributed by atoms with van der Waals surface area (Å²) < 4.78 is 5.37. The molecule has 0 radical (unpaired) electrons. The molecule has 0 spiro atoms. The molecule has 1 aliphatic rings. The van der Waals surface area contributed by atoms with Crippen LogP contribution in [0.15, 0.2) is 11.6 Å². The number of hydrogen-bond donors (Lipinski definition) is 1. The maximum Gasteiger partial charge on any atom is 0.410 e. The minimum absolute atomic E-state index is 0.207. The van der Waals surface area contributed by atoms with Crippen LogP contribution in [0.2, 0.25) is 0 Å².